The Morgan fingerprint density at radius 2 is 2.24 bits per heavy atom. The van der Waals surface area contributed by atoms with Crippen molar-refractivity contribution >= 4 is 15.9 Å². The number of nitrogens with zero attached hydrogens (tertiary/aromatic N) is 4. The molecule has 2 rings (SSSR count). The predicted octanol–water partition coefficient (Wildman–Crippen LogP) is 1.90. The van der Waals surface area contributed by atoms with Crippen molar-refractivity contribution in [1.29, 1.82) is 0 Å². The molecular weight excluding hydrogens is 334 g/mol. The van der Waals surface area contributed by atoms with Crippen LogP contribution in [-0.4, -0.2) is 40.3 Å². The molecule has 0 aromatic carbocycles. The number of nitrogens with one attached hydrogen (secondary N) is 1. The summed E-state index contributed by atoms with van der Waals surface area (Å²) in [6, 6.07) is 2.16. The zero-order chi connectivity index (χ0) is 15.4. The quantitative estimate of drug-likeness (QED) is 0.823. The van der Waals surface area contributed by atoms with Gasteiger partial charge in [0.1, 0.15) is 0 Å². The van der Waals surface area contributed by atoms with Gasteiger partial charge in [-0.05, 0) is 35.5 Å². The minimum absolute atomic E-state index is 0.0246. The lowest BCUT2D eigenvalue weighted by atomic mass is 10.1. The number of aryl methyl sites for hydroxylation is 2. The Labute approximate surface area is 133 Å². The standard InChI is InChI=1S/C14H22BrN5O/c1-5-10-8-12(19(3)18-10)13(16-2)14-11(15)9-17-20(14)6-7-21-4/h8-9,13,16H,5-7H2,1-4H3. The van der Waals surface area contributed by atoms with Gasteiger partial charge in [0.2, 0.25) is 0 Å². The van der Waals surface area contributed by atoms with Crippen LogP contribution in [-0.2, 0) is 24.8 Å². The Kier molecular flexibility index (Phi) is 5.55. The third-order valence-corrected chi connectivity index (χ3v) is 4.14. The van der Waals surface area contributed by atoms with E-state index in [9.17, 15) is 0 Å². The molecule has 0 saturated carbocycles. The van der Waals surface area contributed by atoms with E-state index in [-0.39, 0.29) is 6.04 Å². The number of halogens is 1. The molecule has 0 fully saturated rings. The Hall–Kier alpha value is -1.18. The molecule has 6 nitrogen and oxygen atoms in total. The van der Waals surface area contributed by atoms with Gasteiger partial charge in [0.15, 0.2) is 0 Å². The van der Waals surface area contributed by atoms with E-state index in [0.717, 1.165) is 28.0 Å². The Morgan fingerprint density at radius 1 is 1.48 bits per heavy atom. The van der Waals surface area contributed by atoms with E-state index in [4.69, 9.17) is 4.74 Å². The molecule has 0 saturated heterocycles. The van der Waals surface area contributed by atoms with Crippen molar-refractivity contribution < 1.29 is 4.74 Å². The monoisotopic (exact) mass is 355 g/mol. The van der Waals surface area contributed by atoms with Crippen molar-refractivity contribution in [3.05, 3.63) is 33.8 Å². The van der Waals surface area contributed by atoms with Gasteiger partial charge in [0, 0.05) is 14.2 Å². The lowest BCUT2D eigenvalue weighted by molar-refractivity contribution is 0.182. The van der Waals surface area contributed by atoms with Crippen LogP contribution >= 0.6 is 15.9 Å². The van der Waals surface area contributed by atoms with E-state index in [2.05, 4.69) is 44.4 Å². The van der Waals surface area contributed by atoms with Gasteiger partial charge < -0.3 is 10.1 Å². The third-order valence-electron chi connectivity index (χ3n) is 3.53. The molecule has 21 heavy (non-hydrogen) atoms. The van der Waals surface area contributed by atoms with Gasteiger partial charge in [-0.1, -0.05) is 6.92 Å². The van der Waals surface area contributed by atoms with Crippen molar-refractivity contribution in [2.45, 2.75) is 25.9 Å². The predicted molar refractivity (Wildman–Crippen MR) is 85.3 cm³/mol. The van der Waals surface area contributed by atoms with Crippen LogP contribution in [0.2, 0.25) is 0 Å². The van der Waals surface area contributed by atoms with Crippen LogP contribution in [0, 0.1) is 0 Å². The average molecular weight is 356 g/mol. The topological polar surface area (TPSA) is 56.9 Å². The van der Waals surface area contributed by atoms with Gasteiger partial charge in [-0.2, -0.15) is 10.2 Å². The first kappa shape index (κ1) is 16.2. The van der Waals surface area contributed by atoms with E-state index in [0.29, 0.717) is 13.2 Å². The molecule has 2 heterocycles. The molecule has 0 bridgehead atoms. The summed E-state index contributed by atoms with van der Waals surface area (Å²) in [4.78, 5) is 0. The van der Waals surface area contributed by atoms with Crippen LogP contribution in [0.1, 0.15) is 30.0 Å². The number of rotatable bonds is 7. The van der Waals surface area contributed by atoms with Crippen LogP contribution in [0.3, 0.4) is 0 Å². The molecule has 0 aliphatic carbocycles. The summed E-state index contributed by atoms with van der Waals surface area (Å²) in [6.07, 6.45) is 2.75. The highest BCUT2D eigenvalue weighted by atomic mass is 79.9. The maximum Gasteiger partial charge on any atom is 0.0927 e. The minimum Gasteiger partial charge on any atom is -0.383 e. The molecule has 116 valence electrons. The van der Waals surface area contributed by atoms with Gasteiger partial charge in [0.25, 0.3) is 0 Å². The SMILES string of the molecule is CCc1cc(C(NC)c2c(Br)cnn2CCOC)n(C)n1. The lowest BCUT2D eigenvalue weighted by Crippen LogP contribution is -2.25. The van der Waals surface area contributed by atoms with E-state index < -0.39 is 0 Å². The first-order valence-corrected chi connectivity index (χ1v) is 7.81. The summed E-state index contributed by atoms with van der Waals surface area (Å²) >= 11 is 3.60. The van der Waals surface area contributed by atoms with Crippen molar-refractivity contribution in [1.82, 2.24) is 24.9 Å². The van der Waals surface area contributed by atoms with Crippen molar-refractivity contribution in [2.24, 2.45) is 7.05 Å². The Balaban J connectivity index is 2.40. The first-order valence-electron chi connectivity index (χ1n) is 7.02. The Morgan fingerprint density at radius 3 is 2.81 bits per heavy atom. The molecule has 2 aromatic rings. The normalized spacial score (nSPS) is 12.8. The zero-order valence-electron chi connectivity index (χ0n) is 12.9. The maximum absolute atomic E-state index is 5.16. The summed E-state index contributed by atoms with van der Waals surface area (Å²) in [5, 5.41) is 12.3. The van der Waals surface area contributed by atoms with Gasteiger partial charge in [-0.15, -0.1) is 0 Å². The summed E-state index contributed by atoms with van der Waals surface area (Å²) in [5.74, 6) is 0. The molecule has 7 heteroatoms. The van der Waals surface area contributed by atoms with E-state index in [1.807, 2.05) is 29.7 Å². The lowest BCUT2D eigenvalue weighted by Gasteiger charge is -2.19. The summed E-state index contributed by atoms with van der Waals surface area (Å²) < 4.78 is 10.0. The molecule has 0 amide bonds. The first-order chi connectivity index (χ1) is 10.1. The number of hydrogen-bond donors (Lipinski definition) is 1. The largest absolute Gasteiger partial charge is 0.383 e. The summed E-state index contributed by atoms with van der Waals surface area (Å²) in [5.41, 5.74) is 3.29. The second-order valence-corrected chi connectivity index (χ2v) is 5.71. The highest BCUT2D eigenvalue weighted by Crippen LogP contribution is 2.28. The number of methoxy groups -OCH3 is 1. The molecule has 2 aromatic heterocycles. The second kappa shape index (κ2) is 7.20. The maximum atomic E-state index is 5.16. The molecular formula is C14H22BrN5O. The van der Waals surface area contributed by atoms with Gasteiger partial charge >= 0.3 is 0 Å². The van der Waals surface area contributed by atoms with Crippen molar-refractivity contribution in [2.75, 3.05) is 20.8 Å². The van der Waals surface area contributed by atoms with Crippen LogP contribution in [0.5, 0.6) is 0 Å². The molecule has 0 radical (unpaired) electrons. The summed E-state index contributed by atoms with van der Waals surface area (Å²) in [6.45, 7) is 3.45. The molecule has 1 N–H and O–H groups in total. The molecule has 0 aliphatic heterocycles. The zero-order valence-corrected chi connectivity index (χ0v) is 14.5. The average Bonchev–Trinajstić information content (AvgIpc) is 3.03. The van der Waals surface area contributed by atoms with Crippen molar-refractivity contribution in [3.8, 4) is 0 Å². The van der Waals surface area contributed by atoms with Crippen LogP contribution in [0.4, 0.5) is 0 Å². The smallest absolute Gasteiger partial charge is 0.0927 e. The van der Waals surface area contributed by atoms with Crippen LogP contribution in [0.15, 0.2) is 16.7 Å². The molecule has 1 unspecified atom stereocenters. The van der Waals surface area contributed by atoms with Crippen LogP contribution in [0.25, 0.3) is 0 Å². The van der Waals surface area contributed by atoms with Gasteiger partial charge in [-0.25, -0.2) is 0 Å². The van der Waals surface area contributed by atoms with Gasteiger partial charge in [0.05, 0.1) is 46.9 Å². The fourth-order valence-electron chi connectivity index (χ4n) is 2.43. The highest BCUT2D eigenvalue weighted by molar-refractivity contribution is 9.10. The minimum atomic E-state index is 0.0246. The number of aromatic nitrogens is 4. The third kappa shape index (κ3) is 3.36. The fraction of sp³-hybridized carbons (Fsp3) is 0.571. The number of hydrogen-bond acceptors (Lipinski definition) is 4. The molecule has 0 aliphatic rings. The fourth-order valence-corrected chi connectivity index (χ4v) is 2.95. The summed E-state index contributed by atoms with van der Waals surface area (Å²) in [7, 11) is 5.62. The van der Waals surface area contributed by atoms with E-state index >= 15 is 0 Å². The van der Waals surface area contributed by atoms with Crippen LogP contribution < -0.4 is 5.32 Å². The van der Waals surface area contributed by atoms with E-state index in [1.54, 1.807) is 7.11 Å². The van der Waals surface area contributed by atoms with Gasteiger partial charge in [-0.3, -0.25) is 9.36 Å². The van der Waals surface area contributed by atoms with Crippen molar-refractivity contribution in [3.63, 3.8) is 0 Å². The van der Waals surface area contributed by atoms with E-state index in [1.165, 1.54) is 0 Å². The highest BCUT2D eigenvalue weighted by Gasteiger charge is 2.23. The molecule has 1 atom stereocenters. The second-order valence-electron chi connectivity index (χ2n) is 4.85. The molecule has 0 spiro atoms. The Bertz CT molecular complexity index is 592. The number of ether oxygens (including phenoxy) is 1.